The van der Waals surface area contributed by atoms with E-state index in [4.69, 9.17) is 8.94 Å². The number of amides is 1. The molecule has 0 aliphatic carbocycles. The number of fused-ring (bicyclic) bond motifs is 1. The molecule has 6 nitrogen and oxygen atoms in total. The van der Waals surface area contributed by atoms with E-state index in [1.807, 2.05) is 19.9 Å². The zero-order valence-electron chi connectivity index (χ0n) is 13.0. The minimum Gasteiger partial charge on any atom is -0.461 e. The Morgan fingerprint density at radius 3 is 2.75 bits per heavy atom. The van der Waals surface area contributed by atoms with Crippen molar-refractivity contribution in [2.45, 2.75) is 13.8 Å². The molecule has 1 aromatic carbocycles. The molecule has 1 N–H and O–H groups in total. The first-order chi connectivity index (χ1) is 11.6. The van der Waals surface area contributed by atoms with E-state index in [1.165, 1.54) is 23.7 Å². The molecule has 4 rings (SSSR count). The SMILES string of the molecule is Cc1ccc(C)c2sc(NC(=O)c3cc(-c4ccco4)on3)nc12. The lowest BCUT2D eigenvalue weighted by atomic mass is 10.1. The van der Waals surface area contributed by atoms with E-state index < -0.39 is 0 Å². The van der Waals surface area contributed by atoms with Crippen LogP contribution < -0.4 is 5.32 Å². The number of hydrogen-bond donors (Lipinski definition) is 1. The summed E-state index contributed by atoms with van der Waals surface area (Å²) in [7, 11) is 0. The maximum Gasteiger partial charge on any atom is 0.279 e. The van der Waals surface area contributed by atoms with E-state index >= 15 is 0 Å². The molecule has 3 aromatic heterocycles. The Bertz CT molecular complexity index is 992. The maximum absolute atomic E-state index is 12.3. The number of thiazole rings is 1. The number of rotatable bonds is 3. The lowest BCUT2D eigenvalue weighted by Crippen LogP contribution is -2.11. The van der Waals surface area contributed by atoms with Crippen molar-refractivity contribution in [2.24, 2.45) is 0 Å². The Balaban J connectivity index is 1.60. The van der Waals surface area contributed by atoms with Gasteiger partial charge in [0.15, 0.2) is 16.6 Å². The standard InChI is InChI=1S/C17H13N3O3S/c1-9-5-6-10(2)15-14(9)18-17(24-15)19-16(21)11-8-13(23-20-11)12-4-3-7-22-12/h3-8H,1-2H3,(H,18,19,21). The number of carbonyl (C=O) groups is 1. The second-order valence-corrected chi connectivity index (χ2v) is 6.40. The van der Waals surface area contributed by atoms with Gasteiger partial charge >= 0.3 is 0 Å². The molecule has 0 radical (unpaired) electrons. The van der Waals surface area contributed by atoms with Crippen LogP contribution in [0.25, 0.3) is 21.7 Å². The van der Waals surface area contributed by atoms with Crippen LogP contribution in [-0.2, 0) is 0 Å². The third-order valence-electron chi connectivity index (χ3n) is 3.67. The number of nitrogens with zero attached hydrogens (tertiary/aromatic N) is 2. The van der Waals surface area contributed by atoms with Crippen molar-refractivity contribution in [1.82, 2.24) is 10.1 Å². The van der Waals surface area contributed by atoms with E-state index in [-0.39, 0.29) is 11.6 Å². The number of anilines is 1. The van der Waals surface area contributed by atoms with Gasteiger partial charge in [-0.05, 0) is 37.1 Å². The van der Waals surface area contributed by atoms with Crippen LogP contribution >= 0.6 is 11.3 Å². The Labute approximate surface area is 141 Å². The molecule has 0 aliphatic rings. The largest absolute Gasteiger partial charge is 0.461 e. The minimum absolute atomic E-state index is 0.175. The van der Waals surface area contributed by atoms with Gasteiger partial charge in [0.1, 0.15) is 0 Å². The molecule has 0 bridgehead atoms. The molecular formula is C17H13N3O3S. The fourth-order valence-corrected chi connectivity index (χ4v) is 3.40. The van der Waals surface area contributed by atoms with E-state index in [9.17, 15) is 4.79 Å². The molecule has 4 aromatic rings. The Morgan fingerprint density at radius 1 is 1.17 bits per heavy atom. The van der Waals surface area contributed by atoms with Crippen LogP contribution in [0.4, 0.5) is 5.13 Å². The van der Waals surface area contributed by atoms with Crippen LogP contribution in [0.2, 0.25) is 0 Å². The molecule has 1 amide bonds. The lowest BCUT2D eigenvalue weighted by Gasteiger charge is -1.96. The molecule has 0 saturated heterocycles. The first-order valence-electron chi connectivity index (χ1n) is 7.30. The fraction of sp³-hybridized carbons (Fsp3) is 0.118. The van der Waals surface area contributed by atoms with Gasteiger partial charge in [-0.3, -0.25) is 10.1 Å². The van der Waals surface area contributed by atoms with Crippen molar-refractivity contribution in [3.8, 4) is 11.5 Å². The molecule has 7 heteroatoms. The maximum atomic E-state index is 12.3. The first kappa shape index (κ1) is 14.6. The predicted molar refractivity (Wildman–Crippen MR) is 91.3 cm³/mol. The Morgan fingerprint density at radius 2 is 2.00 bits per heavy atom. The summed E-state index contributed by atoms with van der Waals surface area (Å²) in [6, 6.07) is 9.09. The highest BCUT2D eigenvalue weighted by atomic mass is 32.1. The Hall–Kier alpha value is -2.93. The summed E-state index contributed by atoms with van der Waals surface area (Å²) in [5, 5.41) is 7.10. The van der Waals surface area contributed by atoms with Crippen molar-refractivity contribution in [2.75, 3.05) is 5.32 Å². The fourth-order valence-electron chi connectivity index (χ4n) is 2.39. The van der Waals surface area contributed by atoms with Crippen molar-refractivity contribution in [1.29, 1.82) is 0 Å². The first-order valence-corrected chi connectivity index (χ1v) is 8.12. The quantitative estimate of drug-likeness (QED) is 0.598. The number of aryl methyl sites for hydroxylation is 2. The molecule has 0 unspecified atom stereocenters. The van der Waals surface area contributed by atoms with Crippen LogP contribution in [0, 0.1) is 13.8 Å². The summed E-state index contributed by atoms with van der Waals surface area (Å²) in [6.07, 6.45) is 1.53. The average molecular weight is 339 g/mol. The van der Waals surface area contributed by atoms with Gasteiger partial charge in [-0.15, -0.1) is 0 Å². The van der Waals surface area contributed by atoms with Gasteiger partial charge < -0.3 is 8.94 Å². The molecule has 0 atom stereocenters. The number of furan rings is 1. The summed E-state index contributed by atoms with van der Waals surface area (Å²) in [5.74, 6) is 0.555. The summed E-state index contributed by atoms with van der Waals surface area (Å²) in [6.45, 7) is 4.03. The molecule has 0 fully saturated rings. The molecule has 0 spiro atoms. The summed E-state index contributed by atoms with van der Waals surface area (Å²) < 4.78 is 11.4. The average Bonchev–Trinajstić information content (AvgIpc) is 3.29. The molecule has 24 heavy (non-hydrogen) atoms. The highest BCUT2D eigenvalue weighted by Crippen LogP contribution is 2.31. The smallest absolute Gasteiger partial charge is 0.279 e. The van der Waals surface area contributed by atoms with Crippen LogP contribution in [0.3, 0.4) is 0 Å². The van der Waals surface area contributed by atoms with Crippen molar-refractivity contribution < 1.29 is 13.7 Å². The number of nitrogens with one attached hydrogen (secondary N) is 1. The zero-order chi connectivity index (χ0) is 16.7. The van der Waals surface area contributed by atoms with Crippen molar-refractivity contribution in [3.63, 3.8) is 0 Å². The summed E-state index contributed by atoms with van der Waals surface area (Å²) in [5.41, 5.74) is 3.30. The summed E-state index contributed by atoms with van der Waals surface area (Å²) >= 11 is 1.45. The van der Waals surface area contributed by atoms with Gasteiger partial charge in [-0.2, -0.15) is 0 Å². The Kier molecular flexibility index (Phi) is 3.42. The minimum atomic E-state index is -0.370. The molecule has 0 saturated carbocycles. The highest BCUT2D eigenvalue weighted by molar-refractivity contribution is 7.22. The summed E-state index contributed by atoms with van der Waals surface area (Å²) in [4.78, 5) is 16.9. The molecule has 3 heterocycles. The van der Waals surface area contributed by atoms with Gasteiger partial charge in [0.05, 0.1) is 16.5 Å². The highest BCUT2D eigenvalue weighted by Gasteiger charge is 2.17. The third kappa shape index (κ3) is 2.48. The van der Waals surface area contributed by atoms with Gasteiger partial charge in [0.2, 0.25) is 5.76 Å². The van der Waals surface area contributed by atoms with E-state index in [0.29, 0.717) is 16.7 Å². The van der Waals surface area contributed by atoms with Crippen LogP contribution in [0.15, 0.2) is 45.5 Å². The van der Waals surface area contributed by atoms with Crippen molar-refractivity contribution >= 4 is 32.6 Å². The van der Waals surface area contributed by atoms with Gasteiger partial charge in [-0.25, -0.2) is 4.98 Å². The van der Waals surface area contributed by atoms with E-state index in [2.05, 4.69) is 21.5 Å². The van der Waals surface area contributed by atoms with Gasteiger partial charge in [0.25, 0.3) is 5.91 Å². The molecular weight excluding hydrogens is 326 g/mol. The molecule has 120 valence electrons. The van der Waals surface area contributed by atoms with Gasteiger partial charge in [0, 0.05) is 6.07 Å². The van der Waals surface area contributed by atoms with E-state index in [1.54, 1.807) is 12.1 Å². The van der Waals surface area contributed by atoms with Crippen molar-refractivity contribution in [3.05, 3.63) is 53.4 Å². The number of aromatic nitrogens is 2. The normalized spacial score (nSPS) is 11.1. The van der Waals surface area contributed by atoms with Gasteiger partial charge in [-0.1, -0.05) is 28.6 Å². The molecule has 0 aliphatic heterocycles. The number of benzene rings is 1. The van der Waals surface area contributed by atoms with E-state index in [0.717, 1.165) is 21.3 Å². The number of hydrogen-bond acceptors (Lipinski definition) is 6. The topological polar surface area (TPSA) is 81.2 Å². The zero-order valence-corrected chi connectivity index (χ0v) is 13.8. The monoisotopic (exact) mass is 339 g/mol. The number of carbonyl (C=O) groups excluding carboxylic acids is 1. The second kappa shape index (κ2) is 5.61. The predicted octanol–water partition coefficient (Wildman–Crippen LogP) is 4.41. The second-order valence-electron chi connectivity index (χ2n) is 5.40. The van der Waals surface area contributed by atoms with Crippen LogP contribution in [-0.4, -0.2) is 16.0 Å². The van der Waals surface area contributed by atoms with Crippen LogP contribution in [0.5, 0.6) is 0 Å². The third-order valence-corrected chi connectivity index (χ3v) is 4.78. The lowest BCUT2D eigenvalue weighted by molar-refractivity contribution is 0.101. The van der Waals surface area contributed by atoms with Crippen LogP contribution in [0.1, 0.15) is 21.6 Å².